The number of benzene rings is 1. The van der Waals surface area contributed by atoms with Gasteiger partial charge in [0.2, 0.25) is 0 Å². The Labute approximate surface area is 123 Å². The van der Waals surface area contributed by atoms with Crippen LogP contribution < -0.4 is 9.47 Å². The van der Waals surface area contributed by atoms with Gasteiger partial charge in [0.25, 0.3) is 0 Å². The van der Waals surface area contributed by atoms with Crippen molar-refractivity contribution in [3.8, 4) is 11.5 Å². The van der Waals surface area contributed by atoms with Crippen molar-refractivity contribution in [3.05, 3.63) is 35.4 Å². The van der Waals surface area contributed by atoms with Crippen molar-refractivity contribution in [1.29, 1.82) is 0 Å². The van der Waals surface area contributed by atoms with E-state index in [1.54, 1.807) is 13.2 Å². The summed E-state index contributed by atoms with van der Waals surface area (Å²) in [6, 6.07) is 4.18. The summed E-state index contributed by atoms with van der Waals surface area (Å²) in [5, 5.41) is 0. The molecule has 1 aromatic carbocycles. The van der Waals surface area contributed by atoms with E-state index < -0.39 is 0 Å². The lowest BCUT2D eigenvalue weighted by Crippen LogP contribution is -2.56. The summed E-state index contributed by atoms with van der Waals surface area (Å²) in [6.07, 6.45) is 8.21. The predicted octanol–water partition coefficient (Wildman–Crippen LogP) is 2.81. The topological polar surface area (TPSA) is 35.5 Å². The number of carbonyl (C=O) groups excluding carboxylic acids is 1. The molecule has 1 saturated carbocycles. The van der Waals surface area contributed by atoms with E-state index in [4.69, 9.17) is 9.47 Å². The molecule has 1 aliphatic heterocycles. The normalized spacial score (nSPS) is 38.0. The number of hydrogen-bond acceptors (Lipinski definition) is 3. The van der Waals surface area contributed by atoms with Gasteiger partial charge < -0.3 is 9.47 Å². The van der Waals surface area contributed by atoms with Crippen LogP contribution in [-0.2, 0) is 16.6 Å². The van der Waals surface area contributed by atoms with Crippen molar-refractivity contribution in [2.75, 3.05) is 7.11 Å². The Morgan fingerprint density at radius 2 is 2.29 bits per heavy atom. The molecule has 3 nitrogen and oxygen atoms in total. The van der Waals surface area contributed by atoms with E-state index in [9.17, 15) is 4.79 Å². The lowest BCUT2D eigenvalue weighted by molar-refractivity contribution is -0.126. The highest BCUT2D eigenvalue weighted by molar-refractivity contribution is 5.98. The summed E-state index contributed by atoms with van der Waals surface area (Å²) in [6.45, 7) is 0. The van der Waals surface area contributed by atoms with E-state index in [0.717, 1.165) is 24.3 Å². The third-order valence-electron chi connectivity index (χ3n) is 6.07. The van der Waals surface area contributed by atoms with E-state index >= 15 is 0 Å². The number of ether oxygens (including phenoxy) is 2. The monoisotopic (exact) mass is 282 g/mol. The zero-order valence-corrected chi connectivity index (χ0v) is 12.1. The first-order valence-corrected chi connectivity index (χ1v) is 7.85. The SMILES string of the molecule is COc1ccc2c3c1O[C@H]1C(=O)C=C[C@H]4[C@H](CCC[C@]314)C2. The van der Waals surface area contributed by atoms with Crippen LogP contribution in [0.4, 0.5) is 0 Å². The van der Waals surface area contributed by atoms with Gasteiger partial charge in [-0.05, 0) is 48.8 Å². The lowest BCUT2D eigenvalue weighted by Gasteiger charge is -2.52. The number of rotatable bonds is 1. The Hall–Kier alpha value is -1.77. The molecule has 3 aliphatic carbocycles. The third-order valence-corrected chi connectivity index (χ3v) is 6.07. The Balaban J connectivity index is 1.86. The van der Waals surface area contributed by atoms with E-state index in [1.807, 2.05) is 6.07 Å². The van der Waals surface area contributed by atoms with Crippen molar-refractivity contribution >= 4 is 5.78 Å². The van der Waals surface area contributed by atoms with Crippen molar-refractivity contribution < 1.29 is 14.3 Å². The molecule has 3 heteroatoms. The number of methoxy groups -OCH3 is 1. The maximum absolute atomic E-state index is 12.5. The fourth-order valence-electron chi connectivity index (χ4n) is 5.38. The number of carbonyl (C=O) groups is 1. The summed E-state index contributed by atoms with van der Waals surface area (Å²) in [4.78, 5) is 12.5. The fourth-order valence-corrected chi connectivity index (χ4v) is 5.38. The van der Waals surface area contributed by atoms with Gasteiger partial charge in [-0.3, -0.25) is 4.79 Å². The van der Waals surface area contributed by atoms with Crippen LogP contribution in [0.25, 0.3) is 0 Å². The van der Waals surface area contributed by atoms with Crippen LogP contribution in [0.1, 0.15) is 30.4 Å². The first-order chi connectivity index (χ1) is 10.3. The van der Waals surface area contributed by atoms with Crippen molar-refractivity contribution in [3.63, 3.8) is 0 Å². The molecular weight excluding hydrogens is 264 g/mol. The largest absolute Gasteiger partial charge is 0.493 e. The second-order valence-electron chi connectivity index (χ2n) is 6.81. The second-order valence-corrected chi connectivity index (χ2v) is 6.81. The van der Waals surface area contributed by atoms with Gasteiger partial charge in [0.1, 0.15) is 0 Å². The van der Waals surface area contributed by atoms with Crippen LogP contribution in [0, 0.1) is 11.8 Å². The maximum Gasteiger partial charge on any atom is 0.196 e. The minimum Gasteiger partial charge on any atom is -0.493 e. The molecule has 0 amide bonds. The summed E-state index contributed by atoms with van der Waals surface area (Å²) in [5.74, 6) is 2.84. The number of ketones is 1. The average Bonchev–Trinajstić information content (AvgIpc) is 2.83. The van der Waals surface area contributed by atoms with Crippen LogP contribution in [0.5, 0.6) is 11.5 Å². The van der Waals surface area contributed by atoms with Gasteiger partial charge in [0, 0.05) is 5.56 Å². The van der Waals surface area contributed by atoms with Gasteiger partial charge in [0.05, 0.1) is 12.5 Å². The molecule has 2 bridgehead atoms. The van der Waals surface area contributed by atoms with E-state index in [0.29, 0.717) is 11.8 Å². The molecule has 4 atom stereocenters. The molecular formula is C18H18O3. The van der Waals surface area contributed by atoms with Crippen LogP contribution in [-0.4, -0.2) is 19.0 Å². The average molecular weight is 282 g/mol. The molecule has 0 aromatic heterocycles. The van der Waals surface area contributed by atoms with Gasteiger partial charge >= 0.3 is 0 Å². The number of allylic oxidation sites excluding steroid dienone is 1. The Morgan fingerprint density at radius 3 is 3.14 bits per heavy atom. The van der Waals surface area contributed by atoms with Crippen molar-refractivity contribution in [1.82, 2.24) is 0 Å². The predicted molar refractivity (Wildman–Crippen MR) is 77.8 cm³/mol. The zero-order valence-electron chi connectivity index (χ0n) is 12.1. The summed E-state index contributed by atoms with van der Waals surface area (Å²) in [5.41, 5.74) is 2.54. The smallest absolute Gasteiger partial charge is 0.196 e. The summed E-state index contributed by atoms with van der Waals surface area (Å²) >= 11 is 0. The standard InChI is InChI=1S/C18H18O3/c1-20-14-7-4-11-9-10-3-2-8-18-12(10)5-6-13(19)17(18)21-16(14)15(11)18/h4-7,10,12,17H,2-3,8-9H2,1H3/t10-,12+,17+,18+/m1/s1. The van der Waals surface area contributed by atoms with Gasteiger partial charge in [-0.2, -0.15) is 0 Å². The van der Waals surface area contributed by atoms with E-state index in [1.165, 1.54) is 24.0 Å². The van der Waals surface area contributed by atoms with E-state index in [-0.39, 0.29) is 17.3 Å². The number of hydrogen-bond donors (Lipinski definition) is 0. The minimum atomic E-state index is -0.333. The van der Waals surface area contributed by atoms with Gasteiger partial charge in [-0.1, -0.05) is 18.6 Å². The molecule has 108 valence electrons. The first-order valence-electron chi connectivity index (χ1n) is 7.85. The molecule has 0 saturated heterocycles. The second kappa shape index (κ2) is 3.70. The molecule has 21 heavy (non-hydrogen) atoms. The van der Waals surface area contributed by atoms with Gasteiger partial charge in [0.15, 0.2) is 23.4 Å². The summed E-state index contributed by atoms with van der Waals surface area (Å²) < 4.78 is 11.7. The molecule has 4 aliphatic rings. The quantitative estimate of drug-likeness (QED) is 0.794. The summed E-state index contributed by atoms with van der Waals surface area (Å²) in [7, 11) is 1.67. The van der Waals surface area contributed by atoms with Crippen LogP contribution in [0.3, 0.4) is 0 Å². The van der Waals surface area contributed by atoms with Gasteiger partial charge in [-0.25, -0.2) is 0 Å². The zero-order chi connectivity index (χ0) is 14.2. The fraction of sp³-hybridized carbons (Fsp3) is 0.500. The first kappa shape index (κ1) is 11.8. The molecule has 0 radical (unpaired) electrons. The third kappa shape index (κ3) is 1.20. The van der Waals surface area contributed by atoms with Crippen LogP contribution in [0.2, 0.25) is 0 Å². The molecule has 0 unspecified atom stereocenters. The highest BCUT2D eigenvalue weighted by atomic mass is 16.5. The molecule has 1 aromatic rings. The van der Waals surface area contributed by atoms with E-state index in [2.05, 4.69) is 12.1 Å². The highest BCUT2D eigenvalue weighted by Crippen LogP contribution is 2.63. The van der Waals surface area contributed by atoms with Crippen molar-refractivity contribution in [2.45, 2.75) is 37.2 Å². The van der Waals surface area contributed by atoms with Crippen LogP contribution >= 0.6 is 0 Å². The molecule has 1 fully saturated rings. The maximum atomic E-state index is 12.5. The Kier molecular flexibility index (Phi) is 2.09. The Morgan fingerprint density at radius 1 is 1.38 bits per heavy atom. The lowest BCUT2D eigenvalue weighted by atomic mass is 9.50. The molecule has 5 rings (SSSR count). The van der Waals surface area contributed by atoms with Crippen LogP contribution in [0.15, 0.2) is 24.3 Å². The van der Waals surface area contributed by atoms with Crippen molar-refractivity contribution in [2.24, 2.45) is 11.8 Å². The molecule has 1 spiro atoms. The Bertz CT molecular complexity index is 690. The highest BCUT2D eigenvalue weighted by Gasteiger charge is 2.63. The molecule has 1 heterocycles. The minimum absolute atomic E-state index is 0.119. The van der Waals surface area contributed by atoms with Gasteiger partial charge in [-0.15, -0.1) is 0 Å². The molecule has 0 N–H and O–H groups in total.